The van der Waals surface area contributed by atoms with Crippen LogP contribution in [0.2, 0.25) is 0 Å². The van der Waals surface area contributed by atoms with Gasteiger partial charge in [0.25, 0.3) is 0 Å². The topological polar surface area (TPSA) is 42.9 Å². The van der Waals surface area contributed by atoms with Gasteiger partial charge < -0.3 is 0 Å². The van der Waals surface area contributed by atoms with Crippen molar-refractivity contribution in [3.05, 3.63) is 70.1 Å². The number of pyridine rings is 2. The first-order valence-electron chi connectivity index (χ1n) is 6.16. The molecule has 0 bridgehead atoms. The third-order valence-electron chi connectivity index (χ3n) is 3.06. The van der Waals surface area contributed by atoms with Crippen LogP contribution in [-0.2, 0) is 0 Å². The zero-order valence-electron chi connectivity index (χ0n) is 10.8. The van der Waals surface area contributed by atoms with Gasteiger partial charge in [0.15, 0.2) is 5.78 Å². The van der Waals surface area contributed by atoms with Crippen LogP contribution in [0.3, 0.4) is 0 Å². The lowest BCUT2D eigenvalue weighted by Gasteiger charge is -2.04. The number of hydrogen-bond donors (Lipinski definition) is 0. The van der Waals surface area contributed by atoms with E-state index in [1.54, 1.807) is 24.5 Å². The first kappa shape index (κ1) is 12.9. The second-order valence-corrected chi connectivity index (χ2v) is 5.50. The number of aryl methyl sites for hydroxylation is 1. The van der Waals surface area contributed by atoms with Crippen molar-refractivity contribution in [1.29, 1.82) is 0 Å². The molecule has 2 heterocycles. The summed E-state index contributed by atoms with van der Waals surface area (Å²) in [4.78, 5) is 20.9. The molecule has 0 saturated carbocycles. The molecule has 0 spiro atoms. The summed E-state index contributed by atoms with van der Waals surface area (Å²) in [6.45, 7) is 1.95. The Kier molecular flexibility index (Phi) is 3.32. The zero-order chi connectivity index (χ0) is 14.1. The SMILES string of the molecule is Cc1ccc2cc(C(=O)c3cncc(Br)c3)ccc2n1. The Bertz CT molecular complexity index is 814. The minimum Gasteiger partial charge on any atom is -0.289 e. The Morgan fingerprint density at radius 2 is 1.90 bits per heavy atom. The number of benzene rings is 1. The quantitative estimate of drug-likeness (QED) is 0.670. The van der Waals surface area contributed by atoms with E-state index >= 15 is 0 Å². The van der Waals surface area contributed by atoms with E-state index < -0.39 is 0 Å². The maximum absolute atomic E-state index is 12.4. The summed E-state index contributed by atoms with van der Waals surface area (Å²) in [7, 11) is 0. The summed E-state index contributed by atoms with van der Waals surface area (Å²) in [5, 5.41) is 0.962. The molecule has 3 rings (SSSR count). The lowest BCUT2D eigenvalue weighted by atomic mass is 10.0. The molecule has 0 radical (unpaired) electrons. The molecule has 0 unspecified atom stereocenters. The Hall–Kier alpha value is -2.07. The van der Waals surface area contributed by atoms with Gasteiger partial charge in [0, 0.05) is 39.1 Å². The maximum Gasteiger partial charge on any atom is 0.194 e. The number of aromatic nitrogens is 2. The first-order valence-corrected chi connectivity index (χ1v) is 6.95. The van der Waals surface area contributed by atoms with Crippen LogP contribution in [0.25, 0.3) is 10.9 Å². The van der Waals surface area contributed by atoms with Crippen molar-refractivity contribution in [2.24, 2.45) is 0 Å². The Morgan fingerprint density at radius 3 is 2.70 bits per heavy atom. The molecule has 0 aliphatic heterocycles. The molecular formula is C16H11BrN2O. The highest BCUT2D eigenvalue weighted by Gasteiger charge is 2.10. The van der Waals surface area contributed by atoms with E-state index in [2.05, 4.69) is 25.9 Å². The van der Waals surface area contributed by atoms with E-state index in [4.69, 9.17) is 0 Å². The van der Waals surface area contributed by atoms with Gasteiger partial charge in [-0.05, 0) is 53.2 Å². The van der Waals surface area contributed by atoms with Crippen LogP contribution in [0.5, 0.6) is 0 Å². The number of ketones is 1. The fourth-order valence-electron chi connectivity index (χ4n) is 2.07. The molecule has 0 atom stereocenters. The average Bonchev–Trinajstić information content (AvgIpc) is 2.46. The minimum absolute atomic E-state index is 0.0405. The summed E-state index contributed by atoms with van der Waals surface area (Å²) in [6, 6.07) is 11.2. The standard InChI is InChI=1S/C16H11BrN2O/c1-10-2-3-11-6-12(4-5-15(11)19-10)16(20)13-7-14(17)9-18-8-13/h2-9H,1H3. The van der Waals surface area contributed by atoms with Crippen molar-refractivity contribution in [3.63, 3.8) is 0 Å². The van der Waals surface area contributed by atoms with Crippen LogP contribution >= 0.6 is 15.9 Å². The molecule has 0 aliphatic rings. The molecule has 98 valence electrons. The number of fused-ring (bicyclic) bond motifs is 1. The molecule has 0 aliphatic carbocycles. The summed E-state index contributed by atoms with van der Waals surface area (Å²) < 4.78 is 0.793. The number of carbonyl (C=O) groups excluding carboxylic acids is 1. The van der Waals surface area contributed by atoms with Crippen LogP contribution in [-0.4, -0.2) is 15.8 Å². The third kappa shape index (κ3) is 2.47. The molecule has 0 saturated heterocycles. The minimum atomic E-state index is -0.0405. The zero-order valence-corrected chi connectivity index (χ0v) is 12.4. The Balaban J connectivity index is 2.06. The van der Waals surface area contributed by atoms with Crippen molar-refractivity contribution in [2.75, 3.05) is 0 Å². The van der Waals surface area contributed by atoms with E-state index in [0.717, 1.165) is 21.1 Å². The van der Waals surface area contributed by atoms with E-state index in [0.29, 0.717) is 11.1 Å². The molecule has 2 aromatic heterocycles. The van der Waals surface area contributed by atoms with E-state index in [9.17, 15) is 4.79 Å². The smallest absolute Gasteiger partial charge is 0.194 e. The molecule has 4 heteroatoms. The molecule has 0 amide bonds. The lowest BCUT2D eigenvalue weighted by molar-refractivity contribution is 0.103. The van der Waals surface area contributed by atoms with Gasteiger partial charge in [0.1, 0.15) is 0 Å². The van der Waals surface area contributed by atoms with Crippen LogP contribution < -0.4 is 0 Å². The van der Waals surface area contributed by atoms with Gasteiger partial charge in [0.05, 0.1) is 5.52 Å². The summed E-state index contributed by atoms with van der Waals surface area (Å²) in [5.41, 5.74) is 3.07. The monoisotopic (exact) mass is 326 g/mol. The molecular weight excluding hydrogens is 316 g/mol. The highest BCUT2D eigenvalue weighted by Crippen LogP contribution is 2.18. The van der Waals surface area contributed by atoms with Gasteiger partial charge in [-0.2, -0.15) is 0 Å². The van der Waals surface area contributed by atoms with E-state index in [1.165, 1.54) is 0 Å². The fraction of sp³-hybridized carbons (Fsp3) is 0.0625. The summed E-state index contributed by atoms with van der Waals surface area (Å²) in [5.74, 6) is -0.0405. The van der Waals surface area contributed by atoms with Crippen LogP contribution in [0.4, 0.5) is 0 Å². The van der Waals surface area contributed by atoms with Gasteiger partial charge in [-0.25, -0.2) is 0 Å². The third-order valence-corrected chi connectivity index (χ3v) is 3.49. The number of rotatable bonds is 2. The van der Waals surface area contributed by atoms with Gasteiger partial charge in [-0.3, -0.25) is 14.8 Å². The largest absolute Gasteiger partial charge is 0.289 e. The molecule has 3 nitrogen and oxygen atoms in total. The summed E-state index contributed by atoms with van der Waals surface area (Å²) >= 11 is 3.33. The predicted octanol–water partition coefficient (Wildman–Crippen LogP) is 3.93. The number of carbonyl (C=O) groups is 1. The van der Waals surface area contributed by atoms with Crippen molar-refractivity contribution < 1.29 is 4.79 Å². The normalized spacial score (nSPS) is 10.7. The van der Waals surface area contributed by atoms with E-state index in [1.807, 2.05) is 31.2 Å². The predicted molar refractivity (Wildman–Crippen MR) is 81.8 cm³/mol. The molecule has 3 aromatic rings. The van der Waals surface area contributed by atoms with Gasteiger partial charge in [0.2, 0.25) is 0 Å². The Labute approximate surface area is 124 Å². The fourth-order valence-corrected chi connectivity index (χ4v) is 2.44. The number of halogens is 1. The molecule has 0 N–H and O–H groups in total. The highest BCUT2D eigenvalue weighted by molar-refractivity contribution is 9.10. The van der Waals surface area contributed by atoms with Crippen molar-refractivity contribution >= 4 is 32.6 Å². The summed E-state index contributed by atoms with van der Waals surface area (Å²) in [6.07, 6.45) is 3.23. The second kappa shape index (κ2) is 5.13. The van der Waals surface area contributed by atoms with Gasteiger partial charge >= 0.3 is 0 Å². The van der Waals surface area contributed by atoms with Gasteiger partial charge in [-0.15, -0.1) is 0 Å². The van der Waals surface area contributed by atoms with Crippen molar-refractivity contribution in [2.45, 2.75) is 6.92 Å². The average molecular weight is 327 g/mol. The highest BCUT2D eigenvalue weighted by atomic mass is 79.9. The second-order valence-electron chi connectivity index (χ2n) is 4.58. The molecule has 0 fully saturated rings. The van der Waals surface area contributed by atoms with Gasteiger partial charge in [-0.1, -0.05) is 6.07 Å². The van der Waals surface area contributed by atoms with Crippen LogP contribution in [0.1, 0.15) is 21.6 Å². The van der Waals surface area contributed by atoms with Crippen molar-refractivity contribution in [3.8, 4) is 0 Å². The van der Waals surface area contributed by atoms with Crippen LogP contribution in [0, 0.1) is 6.92 Å². The number of hydrogen-bond acceptors (Lipinski definition) is 3. The van der Waals surface area contributed by atoms with E-state index in [-0.39, 0.29) is 5.78 Å². The molecule has 1 aromatic carbocycles. The first-order chi connectivity index (χ1) is 9.63. The number of nitrogens with zero attached hydrogens (tertiary/aromatic N) is 2. The Morgan fingerprint density at radius 1 is 1.05 bits per heavy atom. The van der Waals surface area contributed by atoms with Crippen molar-refractivity contribution in [1.82, 2.24) is 9.97 Å². The van der Waals surface area contributed by atoms with Crippen LogP contribution in [0.15, 0.2) is 53.3 Å². The molecule has 20 heavy (non-hydrogen) atoms. The lowest BCUT2D eigenvalue weighted by Crippen LogP contribution is -2.02. The maximum atomic E-state index is 12.4.